The third kappa shape index (κ3) is 4.63. The summed E-state index contributed by atoms with van der Waals surface area (Å²) in [5.74, 6) is -0.859. The van der Waals surface area contributed by atoms with Crippen molar-refractivity contribution in [1.29, 1.82) is 0 Å². The van der Waals surface area contributed by atoms with Crippen LogP contribution in [0.1, 0.15) is 30.6 Å². The molecule has 1 rings (SSSR count). The lowest BCUT2D eigenvalue weighted by atomic mass is 10.1. The van der Waals surface area contributed by atoms with Crippen LogP contribution in [0.15, 0.2) is 18.2 Å². The van der Waals surface area contributed by atoms with Crippen molar-refractivity contribution < 1.29 is 14.3 Å². The number of rotatable bonds is 4. The van der Waals surface area contributed by atoms with Gasteiger partial charge in [-0.3, -0.25) is 4.79 Å². The van der Waals surface area contributed by atoms with E-state index in [9.17, 15) is 14.3 Å². The topological polar surface area (TPSA) is 40.5 Å². The highest BCUT2D eigenvalue weighted by molar-refractivity contribution is 6.31. The Kier molecular flexibility index (Phi) is 4.71. The zero-order chi connectivity index (χ0) is 13.9. The van der Waals surface area contributed by atoms with Gasteiger partial charge in [0, 0.05) is 24.2 Å². The van der Waals surface area contributed by atoms with E-state index in [1.54, 1.807) is 20.9 Å². The molecule has 0 aromatic heterocycles. The van der Waals surface area contributed by atoms with Gasteiger partial charge in [-0.05, 0) is 38.5 Å². The van der Waals surface area contributed by atoms with E-state index in [0.717, 1.165) is 12.1 Å². The van der Waals surface area contributed by atoms with Gasteiger partial charge < -0.3 is 10.0 Å². The van der Waals surface area contributed by atoms with Crippen LogP contribution in [0.5, 0.6) is 0 Å². The standard InChI is InChI=1S/C13H17ClFNO2/c1-13(2,18)4-5-16(3)12(17)9-6-10(14)8-11(15)7-9/h6-8,18H,4-5H2,1-3H3. The number of carbonyl (C=O) groups is 1. The Balaban J connectivity index is 2.74. The molecule has 0 aliphatic rings. The summed E-state index contributed by atoms with van der Waals surface area (Å²) in [4.78, 5) is 13.4. The van der Waals surface area contributed by atoms with Crippen molar-refractivity contribution in [2.24, 2.45) is 0 Å². The van der Waals surface area contributed by atoms with Crippen LogP contribution in [0.2, 0.25) is 5.02 Å². The Morgan fingerprint density at radius 2 is 2.06 bits per heavy atom. The normalized spacial score (nSPS) is 11.4. The lowest BCUT2D eigenvalue weighted by Crippen LogP contribution is -2.32. The molecule has 1 amide bonds. The van der Waals surface area contributed by atoms with E-state index in [2.05, 4.69) is 0 Å². The van der Waals surface area contributed by atoms with Gasteiger partial charge in [-0.15, -0.1) is 0 Å². The van der Waals surface area contributed by atoms with Crippen LogP contribution in [0.4, 0.5) is 4.39 Å². The van der Waals surface area contributed by atoms with Gasteiger partial charge in [-0.1, -0.05) is 11.6 Å². The molecule has 0 heterocycles. The highest BCUT2D eigenvalue weighted by Crippen LogP contribution is 2.16. The van der Waals surface area contributed by atoms with E-state index in [4.69, 9.17) is 11.6 Å². The minimum Gasteiger partial charge on any atom is -0.390 e. The van der Waals surface area contributed by atoms with Gasteiger partial charge in [0.05, 0.1) is 5.60 Å². The van der Waals surface area contributed by atoms with E-state index in [-0.39, 0.29) is 16.5 Å². The van der Waals surface area contributed by atoms with Crippen LogP contribution in [0, 0.1) is 5.82 Å². The molecule has 1 aromatic rings. The molecule has 0 bridgehead atoms. The van der Waals surface area contributed by atoms with Crippen molar-refractivity contribution in [3.8, 4) is 0 Å². The zero-order valence-corrected chi connectivity index (χ0v) is 11.5. The van der Waals surface area contributed by atoms with Crippen molar-refractivity contribution >= 4 is 17.5 Å². The van der Waals surface area contributed by atoms with Gasteiger partial charge >= 0.3 is 0 Å². The Labute approximate surface area is 111 Å². The van der Waals surface area contributed by atoms with Crippen LogP contribution in [0.3, 0.4) is 0 Å². The summed E-state index contributed by atoms with van der Waals surface area (Å²) in [7, 11) is 1.60. The second-order valence-electron chi connectivity index (χ2n) is 4.95. The van der Waals surface area contributed by atoms with E-state index in [1.165, 1.54) is 11.0 Å². The van der Waals surface area contributed by atoms with E-state index in [1.807, 2.05) is 0 Å². The first-order chi connectivity index (χ1) is 8.19. The Morgan fingerprint density at radius 3 is 2.56 bits per heavy atom. The molecule has 100 valence electrons. The Bertz CT molecular complexity index is 423. The molecule has 0 fully saturated rings. The highest BCUT2D eigenvalue weighted by Gasteiger charge is 2.18. The van der Waals surface area contributed by atoms with Crippen LogP contribution < -0.4 is 0 Å². The van der Waals surface area contributed by atoms with E-state index in [0.29, 0.717) is 13.0 Å². The molecule has 0 atom stereocenters. The second-order valence-corrected chi connectivity index (χ2v) is 5.38. The maximum Gasteiger partial charge on any atom is 0.253 e. The number of aliphatic hydroxyl groups is 1. The molecule has 0 spiro atoms. The van der Waals surface area contributed by atoms with Crippen molar-refractivity contribution in [2.75, 3.05) is 13.6 Å². The molecular weight excluding hydrogens is 257 g/mol. The van der Waals surface area contributed by atoms with Crippen LogP contribution >= 0.6 is 11.6 Å². The number of carbonyl (C=O) groups excluding carboxylic acids is 1. The van der Waals surface area contributed by atoms with Gasteiger partial charge in [0.25, 0.3) is 5.91 Å². The SMILES string of the molecule is CN(CCC(C)(C)O)C(=O)c1cc(F)cc(Cl)c1. The fourth-order valence-corrected chi connectivity index (χ4v) is 1.66. The minimum atomic E-state index is -0.839. The summed E-state index contributed by atoms with van der Waals surface area (Å²) in [6.45, 7) is 3.73. The first-order valence-corrected chi connectivity index (χ1v) is 6.01. The van der Waals surface area contributed by atoms with Gasteiger partial charge in [-0.25, -0.2) is 4.39 Å². The first kappa shape index (κ1) is 14.9. The number of nitrogens with zero attached hydrogens (tertiary/aromatic N) is 1. The summed E-state index contributed by atoms with van der Waals surface area (Å²) in [6.07, 6.45) is 0.443. The molecular formula is C13H17ClFNO2. The van der Waals surface area contributed by atoms with Gasteiger partial charge in [-0.2, -0.15) is 0 Å². The quantitative estimate of drug-likeness (QED) is 0.916. The molecule has 1 N–H and O–H groups in total. The fourth-order valence-electron chi connectivity index (χ4n) is 1.44. The third-order valence-electron chi connectivity index (χ3n) is 2.52. The van der Waals surface area contributed by atoms with Crippen LogP contribution in [-0.2, 0) is 0 Å². The fraction of sp³-hybridized carbons (Fsp3) is 0.462. The second kappa shape index (κ2) is 5.67. The summed E-state index contributed by atoms with van der Waals surface area (Å²) < 4.78 is 13.1. The monoisotopic (exact) mass is 273 g/mol. The zero-order valence-electron chi connectivity index (χ0n) is 10.7. The number of hydrogen-bond acceptors (Lipinski definition) is 2. The highest BCUT2D eigenvalue weighted by atomic mass is 35.5. The summed E-state index contributed by atoms with van der Waals surface area (Å²) in [5, 5.41) is 9.78. The molecule has 18 heavy (non-hydrogen) atoms. The summed E-state index contributed by atoms with van der Waals surface area (Å²) >= 11 is 5.70. The average molecular weight is 274 g/mol. The largest absolute Gasteiger partial charge is 0.390 e. The predicted molar refractivity (Wildman–Crippen MR) is 69.3 cm³/mol. The molecule has 0 unspecified atom stereocenters. The van der Waals surface area contributed by atoms with Crippen molar-refractivity contribution in [2.45, 2.75) is 25.9 Å². The Morgan fingerprint density at radius 1 is 1.44 bits per heavy atom. The van der Waals surface area contributed by atoms with Crippen molar-refractivity contribution in [3.63, 3.8) is 0 Å². The van der Waals surface area contributed by atoms with Gasteiger partial charge in [0.15, 0.2) is 0 Å². The molecule has 5 heteroatoms. The summed E-state index contributed by atoms with van der Waals surface area (Å²) in [5.41, 5.74) is -0.632. The van der Waals surface area contributed by atoms with E-state index >= 15 is 0 Å². The lowest BCUT2D eigenvalue weighted by Gasteiger charge is -2.23. The number of hydrogen-bond donors (Lipinski definition) is 1. The van der Waals surface area contributed by atoms with Crippen molar-refractivity contribution in [1.82, 2.24) is 4.90 Å². The minimum absolute atomic E-state index is 0.189. The average Bonchev–Trinajstić information content (AvgIpc) is 2.22. The molecule has 3 nitrogen and oxygen atoms in total. The van der Waals surface area contributed by atoms with Gasteiger partial charge in [0.1, 0.15) is 5.82 Å². The van der Waals surface area contributed by atoms with Crippen molar-refractivity contribution in [3.05, 3.63) is 34.6 Å². The third-order valence-corrected chi connectivity index (χ3v) is 2.73. The molecule has 1 aromatic carbocycles. The summed E-state index contributed by atoms with van der Waals surface area (Å²) in [6, 6.07) is 3.72. The number of halogens is 2. The smallest absolute Gasteiger partial charge is 0.253 e. The van der Waals surface area contributed by atoms with Crippen LogP contribution in [-0.4, -0.2) is 35.1 Å². The number of benzene rings is 1. The molecule has 0 aliphatic heterocycles. The van der Waals surface area contributed by atoms with Crippen LogP contribution in [0.25, 0.3) is 0 Å². The predicted octanol–water partition coefficient (Wildman–Crippen LogP) is 2.71. The number of amides is 1. The molecule has 0 saturated carbocycles. The first-order valence-electron chi connectivity index (χ1n) is 5.63. The van der Waals surface area contributed by atoms with E-state index < -0.39 is 11.4 Å². The Hall–Kier alpha value is -1.13. The molecule has 0 aliphatic carbocycles. The molecule has 0 saturated heterocycles. The molecule has 0 radical (unpaired) electrons. The maximum atomic E-state index is 13.1. The van der Waals surface area contributed by atoms with Gasteiger partial charge in [0.2, 0.25) is 0 Å². The maximum absolute atomic E-state index is 13.1. The lowest BCUT2D eigenvalue weighted by molar-refractivity contribution is 0.0544.